The lowest BCUT2D eigenvalue weighted by Crippen LogP contribution is -2.58. The van der Waals surface area contributed by atoms with Gasteiger partial charge in [0.15, 0.2) is 0 Å². The average Bonchev–Trinajstić information content (AvgIpc) is 2.25. The largest absolute Gasteiger partial charge is 0.343 e. The smallest absolute Gasteiger partial charge is 0.236 e. The van der Waals surface area contributed by atoms with E-state index in [1.54, 1.807) is 0 Å². The zero-order valence-corrected chi connectivity index (χ0v) is 9.70. The molecular formula is C11H21N3O. The van der Waals surface area contributed by atoms with Crippen LogP contribution in [0.3, 0.4) is 0 Å². The maximum Gasteiger partial charge on any atom is 0.236 e. The molecular weight excluding hydrogens is 190 g/mol. The molecule has 0 radical (unpaired) electrons. The number of carbonyl (C=O) groups is 1. The lowest BCUT2D eigenvalue weighted by atomic mass is 10.0. The average molecular weight is 211 g/mol. The predicted octanol–water partition coefficient (Wildman–Crippen LogP) is -0.0991. The monoisotopic (exact) mass is 211 g/mol. The van der Waals surface area contributed by atoms with E-state index in [1.165, 1.54) is 12.8 Å². The summed E-state index contributed by atoms with van der Waals surface area (Å²) in [6.07, 6.45) is 2.36. The Morgan fingerprint density at radius 1 is 1.33 bits per heavy atom. The summed E-state index contributed by atoms with van der Waals surface area (Å²) < 4.78 is 0. The van der Waals surface area contributed by atoms with Crippen molar-refractivity contribution in [1.82, 2.24) is 15.1 Å². The van der Waals surface area contributed by atoms with Crippen LogP contribution in [-0.4, -0.2) is 61.0 Å². The number of likely N-dealkylation sites (N-methyl/N-ethyl adjacent to an activating group) is 1. The summed E-state index contributed by atoms with van der Waals surface area (Å²) in [5, 5.41) is 3.37. The first-order chi connectivity index (χ1) is 7.18. The Morgan fingerprint density at radius 3 is 2.67 bits per heavy atom. The van der Waals surface area contributed by atoms with E-state index in [0.29, 0.717) is 18.6 Å². The minimum Gasteiger partial charge on any atom is -0.343 e. The van der Waals surface area contributed by atoms with E-state index in [1.807, 2.05) is 11.9 Å². The highest BCUT2D eigenvalue weighted by atomic mass is 16.2. The van der Waals surface area contributed by atoms with Crippen molar-refractivity contribution < 1.29 is 4.79 Å². The van der Waals surface area contributed by atoms with Crippen LogP contribution in [0.4, 0.5) is 0 Å². The van der Waals surface area contributed by atoms with Crippen molar-refractivity contribution in [2.45, 2.75) is 31.8 Å². The van der Waals surface area contributed by atoms with Gasteiger partial charge in [0.1, 0.15) is 0 Å². The summed E-state index contributed by atoms with van der Waals surface area (Å²) in [5.74, 6) is 0.270. The highest BCUT2D eigenvalue weighted by molar-refractivity contribution is 5.78. The Labute approximate surface area is 91.6 Å². The normalized spacial score (nSPS) is 30.9. The molecule has 0 aliphatic carbocycles. The van der Waals surface area contributed by atoms with Crippen LogP contribution in [0.5, 0.6) is 0 Å². The third-order valence-corrected chi connectivity index (χ3v) is 3.63. The fourth-order valence-corrected chi connectivity index (χ4v) is 2.66. The lowest BCUT2D eigenvalue weighted by Gasteiger charge is -2.43. The molecule has 1 unspecified atom stereocenters. The van der Waals surface area contributed by atoms with E-state index in [0.717, 1.165) is 19.6 Å². The first-order valence-corrected chi connectivity index (χ1v) is 5.89. The van der Waals surface area contributed by atoms with Gasteiger partial charge >= 0.3 is 0 Å². The van der Waals surface area contributed by atoms with Gasteiger partial charge < -0.3 is 10.2 Å². The van der Waals surface area contributed by atoms with Gasteiger partial charge in [-0.3, -0.25) is 9.69 Å². The zero-order valence-electron chi connectivity index (χ0n) is 9.70. The van der Waals surface area contributed by atoms with Crippen molar-refractivity contribution in [2.24, 2.45) is 0 Å². The Bertz CT molecular complexity index is 238. The molecule has 2 heterocycles. The van der Waals surface area contributed by atoms with Gasteiger partial charge in [0.05, 0.1) is 6.54 Å². The number of nitrogens with zero attached hydrogens (tertiary/aromatic N) is 2. The molecule has 2 aliphatic rings. The van der Waals surface area contributed by atoms with Crippen LogP contribution in [-0.2, 0) is 4.79 Å². The van der Waals surface area contributed by atoms with Crippen LogP contribution in [0.2, 0.25) is 0 Å². The molecule has 0 bridgehead atoms. The van der Waals surface area contributed by atoms with Crippen LogP contribution in [0.1, 0.15) is 19.8 Å². The summed E-state index contributed by atoms with van der Waals surface area (Å²) in [4.78, 5) is 15.9. The van der Waals surface area contributed by atoms with Crippen LogP contribution >= 0.6 is 0 Å². The SMILES string of the molecule is CC1CN(C)C(=O)CN1C1CCNCC1. The molecule has 0 aromatic carbocycles. The Balaban J connectivity index is 1.98. The molecule has 1 amide bonds. The van der Waals surface area contributed by atoms with Gasteiger partial charge in [-0.05, 0) is 32.9 Å². The van der Waals surface area contributed by atoms with Gasteiger partial charge in [-0.25, -0.2) is 0 Å². The van der Waals surface area contributed by atoms with Crippen LogP contribution < -0.4 is 5.32 Å². The topological polar surface area (TPSA) is 35.6 Å². The summed E-state index contributed by atoms with van der Waals surface area (Å²) in [6, 6.07) is 1.12. The molecule has 1 N–H and O–H groups in total. The molecule has 1 atom stereocenters. The number of amides is 1. The molecule has 15 heavy (non-hydrogen) atoms. The van der Waals surface area contributed by atoms with Crippen molar-refractivity contribution >= 4 is 5.91 Å². The molecule has 0 spiro atoms. The molecule has 4 heteroatoms. The van der Waals surface area contributed by atoms with E-state index >= 15 is 0 Å². The number of carbonyl (C=O) groups excluding carboxylic acids is 1. The van der Waals surface area contributed by atoms with Crippen molar-refractivity contribution in [1.29, 1.82) is 0 Å². The van der Waals surface area contributed by atoms with Gasteiger partial charge in [-0.2, -0.15) is 0 Å². The minimum absolute atomic E-state index is 0.270. The first kappa shape index (κ1) is 10.9. The number of hydrogen-bond acceptors (Lipinski definition) is 3. The molecule has 0 aromatic rings. The minimum atomic E-state index is 0.270. The second-order valence-corrected chi connectivity index (χ2v) is 4.78. The molecule has 0 saturated carbocycles. The van der Waals surface area contributed by atoms with E-state index in [-0.39, 0.29) is 5.91 Å². The Hall–Kier alpha value is -0.610. The van der Waals surface area contributed by atoms with E-state index < -0.39 is 0 Å². The first-order valence-electron chi connectivity index (χ1n) is 5.89. The Morgan fingerprint density at radius 2 is 2.00 bits per heavy atom. The van der Waals surface area contributed by atoms with Crippen molar-refractivity contribution in [3.05, 3.63) is 0 Å². The summed E-state index contributed by atoms with van der Waals surface area (Å²) in [6.45, 7) is 5.91. The number of hydrogen-bond donors (Lipinski definition) is 1. The van der Waals surface area contributed by atoms with Gasteiger partial charge in [0, 0.05) is 25.7 Å². The van der Waals surface area contributed by atoms with Gasteiger partial charge in [0.2, 0.25) is 5.91 Å². The van der Waals surface area contributed by atoms with Gasteiger partial charge in [0.25, 0.3) is 0 Å². The second kappa shape index (κ2) is 4.49. The highest BCUT2D eigenvalue weighted by Gasteiger charge is 2.32. The zero-order chi connectivity index (χ0) is 10.8. The summed E-state index contributed by atoms with van der Waals surface area (Å²) in [7, 11) is 1.90. The molecule has 2 rings (SSSR count). The molecule has 2 saturated heterocycles. The molecule has 0 aromatic heterocycles. The molecule has 2 aliphatic heterocycles. The van der Waals surface area contributed by atoms with Crippen molar-refractivity contribution in [2.75, 3.05) is 33.2 Å². The summed E-state index contributed by atoms with van der Waals surface area (Å²) >= 11 is 0. The lowest BCUT2D eigenvalue weighted by molar-refractivity contribution is -0.138. The highest BCUT2D eigenvalue weighted by Crippen LogP contribution is 2.18. The third-order valence-electron chi connectivity index (χ3n) is 3.63. The number of piperidine rings is 1. The fraction of sp³-hybridized carbons (Fsp3) is 0.909. The maximum absolute atomic E-state index is 11.7. The number of piperazine rings is 1. The predicted molar refractivity (Wildman–Crippen MR) is 59.7 cm³/mol. The van der Waals surface area contributed by atoms with Crippen LogP contribution in [0.25, 0.3) is 0 Å². The second-order valence-electron chi connectivity index (χ2n) is 4.78. The number of nitrogens with one attached hydrogen (secondary N) is 1. The van der Waals surface area contributed by atoms with Gasteiger partial charge in [-0.1, -0.05) is 0 Å². The van der Waals surface area contributed by atoms with E-state index in [9.17, 15) is 4.79 Å². The quantitative estimate of drug-likeness (QED) is 0.658. The third kappa shape index (κ3) is 2.32. The van der Waals surface area contributed by atoms with Crippen molar-refractivity contribution in [3.8, 4) is 0 Å². The fourth-order valence-electron chi connectivity index (χ4n) is 2.66. The molecule has 4 nitrogen and oxygen atoms in total. The standard InChI is InChI=1S/C11H21N3O/c1-9-7-13(2)11(15)8-14(9)10-3-5-12-6-4-10/h9-10,12H,3-8H2,1-2H3. The van der Waals surface area contributed by atoms with Crippen LogP contribution in [0.15, 0.2) is 0 Å². The Kier molecular flexibility index (Phi) is 3.26. The maximum atomic E-state index is 11.7. The van der Waals surface area contributed by atoms with Gasteiger partial charge in [-0.15, -0.1) is 0 Å². The number of rotatable bonds is 1. The molecule has 2 fully saturated rings. The molecule has 86 valence electrons. The van der Waals surface area contributed by atoms with E-state index in [2.05, 4.69) is 17.1 Å². The summed E-state index contributed by atoms with van der Waals surface area (Å²) in [5.41, 5.74) is 0. The van der Waals surface area contributed by atoms with Crippen molar-refractivity contribution in [3.63, 3.8) is 0 Å². The van der Waals surface area contributed by atoms with E-state index in [4.69, 9.17) is 0 Å². The van der Waals surface area contributed by atoms with Crippen LogP contribution in [0, 0.1) is 0 Å².